The van der Waals surface area contributed by atoms with Crippen LogP contribution in [-0.4, -0.2) is 40.9 Å². The van der Waals surface area contributed by atoms with E-state index < -0.39 is 21.8 Å². The van der Waals surface area contributed by atoms with E-state index in [-0.39, 0.29) is 17.0 Å². The molecule has 0 unspecified atom stereocenters. The second-order valence-electron chi connectivity index (χ2n) is 5.32. The number of nitrogens with two attached hydrogens (primary N) is 1. The van der Waals surface area contributed by atoms with Crippen LogP contribution in [0.25, 0.3) is 0 Å². The summed E-state index contributed by atoms with van der Waals surface area (Å²) in [5, 5.41) is 2.33. The van der Waals surface area contributed by atoms with Gasteiger partial charge in [0.1, 0.15) is 5.75 Å². The van der Waals surface area contributed by atoms with Crippen LogP contribution in [0.5, 0.6) is 5.75 Å². The normalized spacial score (nSPS) is 10.8. The highest BCUT2D eigenvalue weighted by Crippen LogP contribution is 2.30. The number of anilines is 1. The molecule has 9 heteroatoms. The summed E-state index contributed by atoms with van der Waals surface area (Å²) < 4.78 is 31.9. The highest BCUT2D eigenvalue weighted by atomic mass is 32.2. The molecule has 0 bridgehead atoms. The van der Waals surface area contributed by atoms with E-state index in [1.54, 1.807) is 24.3 Å². The molecule has 0 spiro atoms. The smallest absolute Gasteiger partial charge is 0.264 e. The number of carbonyl (C=O) groups is 2. The lowest BCUT2D eigenvalue weighted by Gasteiger charge is -2.21. The van der Waals surface area contributed by atoms with Gasteiger partial charge in [-0.1, -0.05) is 12.1 Å². The van der Waals surface area contributed by atoms with Crippen molar-refractivity contribution in [3.05, 3.63) is 54.1 Å². The van der Waals surface area contributed by atoms with E-state index in [1.165, 1.54) is 38.4 Å². The Hall–Kier alpha value is -3.07. The van der Waals surface area contributed by atoms with Crippen LogP contribution >= 0.6 is 0 Å². The Bertz CT molecular complexity index is 910. The minimum Gasteiger partial charge on any atom is -0.495 e. The van der Waals surface area contributed by atoms with Crippen molar-refractivity contribution in [2.75, 3.05) is 25.0 Å². The Labute approximate surface area is 151 Å². The number of primary amides is 1. The molecule has 2 rings (SSSR count). The Balaban J connectivity index is 2.26. The number of hydrogen-bond donors (Lipinski definition) is 2. The lowest BCUT2D eigenvalue weighted by atomic mass is 10.2. The molecule has 0 aliphatic rings. The van der Waals surface area contributed by atoms with Gasteiger partial charge in [-0.3, -0.25) is 13.9 Å². The molecule has 3 N–H and O–H groups in total. The number of para-hydroxylation sites is 2. The minimum absolute atomic E-state index is 0.0114. The summed E-state index contributed by atoms with van der Waals surface area (Å²) in [6.07, 6.45) is 0. The molecule has 0 aliphatic carbocycles. The summed E-state index contributed by atoms with van der Waals surface area (Å²) in [4.78, 5) is 22.6. The summed E-state index contributed by atoms with van der Waals surface area (Å²) in [5.41, 5.74) is 5.56. The van der Waals surface area contributed by atoms with Crippen LogP contribution in [0.2, 0.25) is 0 Å². The number of methoxy groups -OCH3 is 1. The third-order valence-corrected chi connectivity index (χ3v) is 5.41. The first-order valence-corrected chi connectivity index (χ1v) is 9.00. The highest BCUT2D eigenvalue weighted by Gasteiger charge is 2.23. The SMILES string of the molecule is COc1ccccc1N(C)S(=O)(=O)c1ccc(C(=O)NCC(N)=O)cc1. The Morgan fingerprint density at radius 3 is 2.31 bits per heavy atom. The average molecular weight is 377 g/mol. The summed E-state index contributed by atoms with van der Waals surface area (Å²) in [6, 6.07) is 12.1. The predicted molar refractivity (Wildman–Crippen MR) is 96.6 cm³/mol. The number of carbonyl (C=O) groups excluding carboxylic acids is 2. The van der Waals surface area contributed by atoms with Crippen molar-refractivity contribution in [3.63, 3.8) is 0 Å². The van der Waals surface area contributed by atoms with Gasteiger partial charge in [-0.2, -0.15) is 0 Å². The fourth-order valence-electron chi connectivity index (χ4n) is 2.23. The van der Waals surface area contributed by atoms with Crippen molar-refractivity contribution in [2.24, 2.45) is 5.73 Å². The maximum absolute atomic E-state index is 12.8. The van der Waals surface area contributed by atoms with E-state index in [0.29, 0.717) is 11.4 Å². The fourth-order valence-corrected chi connectivity index (χ4v) is 3.43. The second-order valence-corrected chi connectivity index (χ2v) is 7.29. The first kappa shape index (κ1) is 19.3. The number of sulfonamides is 1. The van der Waals surface area contributed by atoms with Crippen molar-refractivity contribution >= 4 is 27.5 Å². The number of nitrogens with zero attached hydrogens (tertiary/aromatic N) is 1. The van der Waals surface area contributed by atoms with Crippen LogP contribution in [0.4, 0.5) is 5.69 Å². The second kappa shape index (κ2) is 7.87. The molecule has 0 fully saturated rings. The number of hydrogen-bond acceptors (Lipinski definition) is 5. The molecule has 0 saturated heterocycles. The molecule has 0 atom stereocenters. The van der Waals surface area contributed by atoms with Gasteiger partial charge in [-0.05, 0) is 36.4 Å². The van der Waals surface area contributed by atoms with Crippen molar-refractivity contribution in [3.8, 4) is 5.75 Å². The maximum atomic E-state index is 12.8. The molecule has 2 amide bonds. The maximum Gasteiger partial charge on any atom is 0.264 e. The van der Waals surface area contributed by atoms with Crippen molar-refractivity contribution in [1.82, 2.24) is 5.32 Å². The Morgan fingerprint density at radius 1 is 1.12 bits per heavy atom. The quantitative estimate of drug-likeness (QED) is 0.737. The molecule has 26 heavy (non-hydrogen) atoms. The zero-order chi connectivity index (χ0) is 19.3. The molecule has 8 nitrogen and oxygen atoms in total. The van der Waals surface area contributed by atoms with Gasteiger partial charge in [0.2, 0.25) is 5.91 Å². The van der Waals surface area contributed by atoms with E-state index in [1.807, 2.05) is 0 Å². The first-order valence-electron chi connectivity index (χ1n) is 7.56. The standard InChI is InChI=1S/C17H19N3O5S/c1-20(14-5-3-4-6-15(14)25-2)26(23,24)13-9-7-12(8-10-13)17(22)19-11-16(18)21/h3-10H,11H2,1-2H3,(H2,18,21)(H,19,22). The molecule has 0 aromatic heterocycles. The topological polar surface area (TPSA) is 119 Å². The Kier molecular flexibility index (Phi) is 5.83. The summed E-state index contributed by atoms with van der Waals surface area (Å²) in [6.45, 7) is -0.296. The van der Waals surface area contributed by atoms with Crippen molar-refractivity contribution in [1.29, 1.82) is 0 Å². The molecular formula is C17H19N3O5S. The fraction of sp³-hybridized carbons (Fsp3) is 0.176. The van der Waals surface area contributed by atoms with E-state index in [2.05, 4.69) is 5.32 Å². The van der Waals surface area contributed by atoms with Crippen LogP contribution in [0, 0.1) is 0 Å². The molecule has 0 heterocycles. The number of benzene rings is 2. The third-order valence-electron chi connectivity index (χ3n) is 3.62. The zero-order valence-corrected chi connectivity index (χ0v) is 15.1. The van der Waals surface area contributed by atoms with Crippen LogP contribution < -0.4 is 20.1 Å². The summed E-state index contributed by atoms with van der Waals surface area (Å²) in [5.74, 6) is -0.775. The van der Waals surface area contributed by atoms with Crippen molar-refractivity contribution < 1.29 is 22.7 Å². The van der Waals surface area contributed by atoms with Gasteiger partial charge < -0.3 is 15.8 Å². The molecule has 0 aliphatic heterocycles. The predicted octanol–water partition coefficient (Wildman–Crippen LogP) is 0.735. The first-order chi connectivity index (χ1) is 12.3. The van der Waals surface area contributed by atoms with Gasteiger partial charge in [-0.25, -0.2) is 8.42 Å². The van der Waals surface area contributed by atoms with Crippen LogP contribution in [-0.2, 0) is 14.8 Å². The van der Waals surface area contributed by atoms with E-state index in [4.69, 9.17) is 10.5 Å². The van der Waals surface area contributed by atoms with E-state index in [0.717, 1.165) is 4.31 Å². The molecule has 2 aromatic carbocycles. The van der Waals surface area contributed by atoms with Crippen LogP contribution in [0.1, 0.15) is 10.4 Å². The molecule has 138 valence electrons. The summed E-state index contributed by atoms with van der Waals surface area (Å²) in [7, 11) is -0.971. The number of ether oxygens (including phenoxy) is 1. The van der Waals surface area contributed by atoms with Gasteiger partial charge >= 0.3 is 0 Å². The van der Waals surface area contributed by atoms with Crippen molar-refractivity contribution in [2.45, 2.75) is 4.90 Å². The number of nitrogens with one attached hydrogen (secondary N) is 1. The number of amides is 2. The minimum atomic E-state index is -3.85. The van der Waals surface area contributed by atoms with Crippen LogP contribution in [0.15, 0.2) is 53.4 Å². The molecule has 0 saturated carbocycles. The molecule has 0 radical (unpaired) electrons. The van der Waals surface area contributed by atoms with Gasteiger partial charge in [0.15, 0.2) is 0 Å². The Morgan fingerprint density at radius 2 is 1.73 bits per heavy atom. The monoisotopic (exact) mass is 377 g/mol. The summed E-state index contributed by atoms with van der Waals surface area (Å²) >= 11 is 0. The van der Waals surface area contributed by atoms with Gasteiger partial charge in [0, 0.05) is 12.6 Å². The third kappa shape index (κ3) is 4.12. The lowest BCUT2D eigenvalue weighted by molar-refractivity contribution is -0.117. The van der Waals surface area contributed by atoms with Crippen LogP contribution in [0.3, 0.4) is 0 Å². The lowest BCUT2D eigenvalue weighted by Crippen LogP contribution is -2.33. The zero-order valence-electron chi connectivity index (χ0n) is 14.3. The van der Waals surface area contributed by atoms with E-state index in [9.17, 15) is 18.0 Å². The average Bonchev–Trinajstić information content (AvgIpc) is 2.65. The largest absolute Gasteiger partial charge is 0.495 e. The van der Waals surface area contributed by atoms with Gasteiger partial charge in [0.25, 0.3) is 15.9 Å². The number of rotatable bonds is 7. The highest BCUT2D eigenvalue weighted by molar-refractivity contribution is 7.92. The van der Waals surface area contributed by atoms with Gasteiger partial charge in [0.05, 0.1) is 24.2 Å². The van der Waals surface area contributed by atoms with E-state index >= 15 is 0 Å². The van der Waals surface area contributed by atoms with Gasteiger partial charge in [-0.15, -0.1) is 0 Å². The molecule has 2 aromatic rings. The molecular weight excluding hydrogens is 358 g/mol.